The van der Waals surface area contributed by atoms with E-state index in [9.17, 15) is 4.79 Å². The molecule has 2 N–H and O–H groups in total. The van der Waals surface area contributed by atoms with Gasteiger partial charge in [-0.15, -0.1) is 0 Å². The lowest BCUT2D eigenvalue weighted by atomic mass is 10.1. The molecule has 20 heavy (non-hydrogen) atoms. The molecule has 0 amide bonds. The number of anilines is 1. The molecule has 0 aliphatic heterocycles. The Bertz CT molecular complexity index is 649. The lowest BCUT2D eigenvalue weighted by Crippen LogP contribution is -2.12. The summed E-state index contributed by atoms with van der Waals surface area (Å²) >= 11 is 1.54. The van der Waals surface area contributed by atoms with E-state index in [0.29, 0.717) is 28.4 Å². The lowest BCUT2D eigenvalue weighted by molar-refractivity contribution is -0.141. The van der Waals surface area contributed by atoms with Crippen molar-refractivity contribution in [1.82, 2.24) is 4.98 Å². The Morgan fingerprint density at radius 1 is 1.55 bits per heavy atom. The number of nitrogens with two attached hydrogens (primary N) is 1. The Labute approximate surface area is 120 Å². The molecule has 1 saturated carbocycles. The van der Waals surface area contributed by atoms with Crippen molar-refractivity contribution in [3.63, 3.8) is 0 Å². The van der Waals surface area contributed by atoms with Crippen LogP contribution in [-0.2, 0) is 9.53 Å². The third-order valence-electron chi connectivity index (χ3n) is 3.64. The molecular weight excluding hydrogens is 276 g/mol. The van der Waals surface area contributed by atoms with Gasteiger partial charge in [-0.3, -0.25) is 4.79 Å². The van der Waals surface area contributed by atoms with Gasteiger partial charge in [0.25, 0.3) is 5.22 Å². The van der Waals surface area contributed by atoms with Gasteiger partial charge in [-0.05, 0) is 30.4 Å². The van der Waals surface area contributed by atoms with Crippen molar-refractivity contribution >= 4 is 34.5 Å². The van der Waals surface area contributed by atoms with Gasteiger partial charge in [-0.1, -0.05) is 17.8 Å². The SMILES string of the molecule is COC(=O)CC1(CSc2nc3c(N)cccc3o2)CC1. The van der Waals surface area contributed by atoms with Crippen LogP contribution in [0.1, 0.15) is 19.3 Å². The van der Waals surface area contributed by atoms with Gasteiger partial charge in [0.2, 0.25) is 0 Å². The van der Waals surface area contributed by atoms with E-state index in [1.807, 2.05) is 12.1 Å². The van der Waals surface area contributed by atoms with E-state index in [1.54, 1.807) is 6.07 Å². The number of carbonyl (C=O) groups is 1. The molecule has 5 nitrogen and oxygen atoms in total. The summed E-state index contributed by atoms with van der Waals surface area (Å²) in [6, 6.07) is 5.50. The Morgan fingerprint density at radius 3 is 3.00 bits per heavy atom. The number of hydrogen-bond acceptors (Lipinski definition) is 6. The molecule has 0 spiro atoms. The minimum absolute atomic E-state index is 0.0595. The van der Waals surface area contributed by atoms with Gasteiger partial charge in [0.15, 0.2) is 5.58 Å². The van der Waals surface area contributed by atoms with Crippen LogP contribution in [0.15, 0.2) is 27.8 Å². The summed E-state index contributed by atoms with van der Waals surface area (Å²) in [7, 11) is 1.43. The van der Waals surface area contributed by atoms with Crippen LogP contribution in [0, 0.1) is 5.41 Å². The number of carbonyl (C=O) groups excluding carboxylic acids is 1. The molecule has 0 unspecified atom stereocenters. The highest BCUT2D eigenvalue weighted by molar-refractivity contribution is 7.99. The van der Waals surface area contributed by atoms with Gasteiger partial charge in [0.05, 0.1) is 19.2 Å². The van der Waals surface area contributed by atoms with Crippen LogP contribution in [0.5, 0.6) is 0 Å². The highest BCUT2D eigenvalue weighted by Gasteiger charge is 2.44. The van der Waals surface area contributed by atoms with Crippen LogP contribution in [0.3, 0.4) is 0 Å². The quantitative estimate of drug-likeness (QED) is 0.518. The minimum atomic E-state index is -0.148. The van der Waals surface area contributed by atoms with Gasteiger partial charge in [0, 0.05) is 5.75 Å². The molecule has 0 saturated heterocycles. The number of hydrogen-bond donors (Lipinski definition) is 1. The first-order valence-electron chi connectivity index (χ1n) is 6.47. The van der Waals surface area contributed by atoms with Gasteiger partial charge >= 0.3 is 5.97 Å². The number of methoxy groups -OCH3 is 1. The number of oxazole rings is 1. The van der Waals surface area contributed by atoms with Crippen LogP contribution in [0.2, 0.25) is 0 Å². The van der Waals surface area contributed by atoms with Gasteiger partial charge in [-0.2, -0.15) is 0 Å². The van der Waals surface area contributed by atoms with Crippen molar-refractivity contribution in [2.24, 2.45) is 5.41 Å². The van der Waals surface area contributed by atoms with Crippen LogP contribution >= 0.6 is 11.8 Å². The largest absolute Gasteiger partial charge is 0.469 e. The van der Waals surface area contributed by atoms with E-state index in [1.165, 1.54) is 18.9 Å². The monoisotopic (exact) mass is 292 g/mol. The topological polar surface area (TPSA) is 78.3 Å². The number of ether oxygens (including phenoxy) is 1. The molecule has 1 aromatic heterocycles. The maximum atomic E-state index is 11.4. The summed E-state index contributed by atoms with van der Waals surface area (Å²) < 4.78 is 10.4. The summed E-state index contributed by atoms with van der Waals surface area (Å²) in [6.45, 7) is 0. The molecular formula is C14H16N2O3S. The van der Waals surface area contributed by atoms with Gasteiger partial charge in [-0.25, -0.2) is 4.98 Å². The number of thioether (sulfide) groups is 1. The summed E-state index contributed by atoms with van der Waals surface area (Å²) in [6.07, 6.45) is 2.58. The Balaban J connectivity index is 1.68. The van der Waals surface area contributed by atoms with Crippen LogP contribution in [0.25, 0.3) is 11.1 Å². The zero-order valence-electron chi connectivity index (χ0n) is 11.2. The van der Waals surface area contributed by atoms with Crippen molar-refractivity contribution in [2.45, 2.75) is 24.5 Å². The molecule has 0 radical (unpaired) electrons. The molecule has 1 fully saturated rings. The first-order valence-corrected chi connectivity index (χ1v) is 7.45. The number of aromatic nitrogens is 1. The number of fused-ring (bicyclic) bond motifs is 1. The van der Waals surface area contributed by atoms with E-state index in [-0.39, 0.29) is 11.4 Å². The number of nitrogens with zero attached hydrogens (tertiary/aromatic N) is 1. The summed E-state index contributed by atoms with van der Waals surface area (Å²) in [5.41, 5.74) is 7.93. The fraction of sp³-hybridized carbons (Fsp3) is 0.429. The second kappa shape index (κ2) is 5.01. The predicted molar refractivity (Wildman–Crippen MR) is 77.4 cm³/mol. The molecule has 6 heteroatoms. The van der Waals surface area contributed by atoms with Crippen molar-refractivity contribution < 1.29 is 13.9 Å². The molecule has 0 bridgehead atoms. The second-order valence-corrected chi connectivity index (χ2v) is 6.14. The number of benzene rings is 1. The standard InChI is InChI=1S/C14H16N2O3S/c1-18-11(17)7-14(5-6-14)8-20-13-16-12-9(15)3-2-4-10(12)19-13/h2-4H,5-8,15H2,1H3. The van der Waals surface area contributed by atoms with Crippen molar-refractivity contribution in [2.75, 3.05) is 18.6 Å². The Kier molecular flexibility index (Phi) is 3.33. The molecule has 1 aliphatic rings. The van der Waals surface area contributed by atoms with E-state index in [0.717, 1.165) is 18.6 Å². The highest BCUT2D eigenvalue weighted by atomic mass is 32.2. The molecule has 2 aromatic rings. The molecule has 1 aliphatic carbocycles. The van der Waals surface area contributed by atoms with Crippen molar-refractivity contribution in [1.29, 1.82) is 0 Å². The lowest BCUT2D eigenvalue weighted by Gasteiger charge is -2.11. The fourth-order valence-corrected chi connectivity index (χ4v) is 3.28. The van der Waals surface area contributed by atoms with E-state index >= 15 is 0 Å². The van der Waals surface area contributed by atoms with Crippen LogP contribution < -0.4 is 5.73 Å². The average molecular weight is 292 g/mol. The summed E-state index contributed by atoms with van der Waals surface area (Å²) in [4.78, 5) is 15.8. The highest BCUT2D eigenvalue weighted by Crippen LogP contribution is 2.52. The molecule has 1 aromatic carbocycles. The smallest absolute Gasteiger partial charge is 0.306 e. The summed E-state index contributed by atoms with van der Waals surface area (Å²) in [5.74, 6) is 0.666. The average Bonchev–Trinajstić information content (AvgIpc) is 3.06. The number of rotatable bonds is 5. The van der Waals surface area contributed by atoms with E-state index < -0.39 is 0 Å². The molecule has 3 rings (SSSR count). The Morgan fingerprint density at radius 2 is 2.35 bits per heavy atom. The maximum Gasteiger partial charge on any atom is 0.306 e. The predicted octanol–water partition coefficient (Wildman–Crippen LogP) is 2.85. The first kappa shape index (κ1) is 13.3. The zero-order chi connectivity index (χ0) is 14.2. The zero-order valence-corrected chi connectivity index (χ0v) is 12.0. The number of nitrogen functional groups attached to an aromatic ring is 1. The maximum absolute atomic E-state index is 11.4. The summed E-state index contributed by atoms with van der Waals surface area (Å²) in [5, 5.41) is 0.606. The first-order chi connectivity index (χ1) is 9.62. The van der Waals surface area contributed by atoms with Crippen LogP contribution in [0.4, 0.5) is 5.69 Å². The third kappa shape index (κ3) is 2.60. The van der Waals surface area contributed by atoms with E-state index in [2.05, 4.69) is 4.98 Å². The number of esters is 1. The van der Waals surface area contributed by atoms with Crippen molar-refractivity contribution in [3.05, 3.63) is 18.2 Å². The molecule has 1 heterocycles. The normalized spacial score (nSPS) is 16.2. The van der Waals surface area contributed by atoms with Crippen LogP contribution in [-0.4, -0.2) is 23.8 Å². The molecule has 0 atom stereocenters. The third-order valence-corrected chi connectivity index (χ3v) is 4.81. The Hall–Kier alpha value is -1.69. The van der Waals surface area contributed by atoms with Gasteiger partial charge < -0.3 is 14.9 Å². The number of para-hydroxylation sites is 1. The van der Waals surface area contributed by atoms with Crippen molar-refractivity contribution in [3.8, 4) is 0 Å². The second-order valence-electron chi connectivity index (χ2n) is 5.22. The fourth-order valence-electron chi connectivity index (χ4n) is 2.15. The minimum Gasteiger partial charge on any atom is -0.469 e. The molecule has 106 valence electrons. The van der Waals surface area contributed by atoms with Gasteiger partial charge in [0.1, 0.15) is 5.52 Å². The van der Waals surface area contributed by atoms with E-state index in [4.69, 9.17) is 14.9 Å².